The van der Waals surface area contributed by atoms with Crippen LogP contribution < -0.4 is 5.69 Å². The van der Waals surface area contributed by atoms with Gasteiger partial charge in [0.15, 0.2) is 6.23 Å². The summed E-state index contributed by atoms with van der Waals surface area (Å²) in [4.78, 5) is 70.3. The Morgan fingerprint density at radius 2 is 1.58 bits per heavy atom. The molecule has 1 aliphatic rings. The molecule has 0 aromatic carbocycles. The number of aromatic nitrogens is 2. The van der Waals surface area contributed by atoms with Crippen molar-refractivity contribution in [2.24, 2.45) is 0 Å². The van der Waals surface area contributed by atoms with E-state index in [0.717, 1.165) is 12.3 Å². The van der Waals surface area contributed by atoms with Crippen molar-refractivity contribution in [1.29, 1.82) is 0 Å². The summed E-state index contributed by atoms with van der Waals surface area (Å²) in [5.74, 6) is -3.05. The molecule has 0 aliphatic carbocycles. The first-order chi connectivity index (χ1) is 14.8. The van der Waals surface area contributed by atoms with Gasteiger partial charge in [-0.25, -0.2) is 4.79 Å². The molecule has 1 saturated heterocycles. The summed E-state index contributed by atoms with van der Waals surface area (Å²) in [7, 11) is -19.2. The first kappa shape index (κ1) is 28.6. The summed E-state index contributed by atoms with van der Waals surface area (Å²) >= 11 is 0. The van der Waals surface area contributed by atoms with Crippen LogP contribution >= 0.6 is 30.2 Å². The molecule has 2 rings (SSSR count). The van der Waals surface area contributed by atoms with Gasteiger partial charge in [-0.05, 0) is 6.07 Å². The lowest BCUT2D eigenvalue weighted by Gasteiger charge is -2.20. The van der Waals surface area contributed by atoms with E-state index >= 15 is 0 Å². The van der Waals surface area contributed by atoms with E-state index in [9.17, 15) is 43.1 Å². The van der Waals surface area contributed by atoms with Crippen LogP contribution in [0.15, 0.2) is 17.1 Å². The molecule has 6 atom stereocenters. The zero-order valence-corrected chi connectivity index (χ0v) is 20.0. The van der Waals surface area contributed by atoms with Crippen LogP contribution in [0.1, 0.15) is 11.9 Å². The largest absolute Gasteiger partial charge is 0.387 e. The Balaban J connectivity index is 2.08. The molecule has 0 bridgehead atoms. The number of rotatable bonds is 10. The number of nitrogens with zero attached hydrogens (tertiary/aromatic N) is 2. The van der Waals surface area contributed by atoms with Gasteiger partial charge in [0.05, 0.1) is 18.5 Å². The molecule has 190 valence electrons. The zero-order chi connectivity index (χ0) is 25.4. The van der Waals surface area contributed by atoms with E-state index in [1.165, 1.54) is 0 Å². The van der Waals surface area contributed by atoms with E-state index in [4.69, 9.17) is 24.3 Å². The van der Waals surface area contributed by atoms with Crippen LogP contribution in [-0.2, 0) is 33.7 Å². The van der Waals surface area contributed by atoms with Crippen LogP contribution in [0.2, 0.25) is 0 Å². The molecule has 33 heavy (non-hydrogen) atoms. The number of aliphatic hydroxyl groups excluding tert-OH is 2. The summed E-state index contributed by atoms with van der Waals surface area (Å²) in [5.41, 5.74) is -1.34. The highest BCUT2D eigenvalue weighted by molar-refractivity contribution is 7.79. The second kappa shape index (κ2) is 10.2. The van der Waals surface area contributed by atoms with Crippen LogP contribution in [0, 0.1) is 0 Å². The predicted molar refractivity (Wildman–Crippen MR) is 108 cm³/mol. The number of hydrogen-bond acceptors (Lipinski definition) is 10. The number of aliphatic hydroxyl groups is 2. The quantitative estimate of drug-likeness (QED) is 0.146. The molecule has 1 fully saturated rings. The summed E-state index contributed by atoms with van der Waals surface area (Å²) in [5, 5.41) is 20.3. The van der Waals surface area contributed by atoms with Crippen molar-refractivity contribution < 1.29 is 67.1 Å². The third kappa shape index (κ3) is 8.84. The fraction of sp³-hybridized carbons (Fsp3) is 0.667. The van der Waals surface area contributed by atoms with Gasteiger partial charge in [-0.3, -0.25) is 22.8 Å². The molecule has 2 heterocycles. The highest BCUT2D eigenvalue weighted by Crippen LogP contribution is 2.63. The predicted octanol–water partition coefficient (Wildman–Crippen LogP) is -1.89. The SMILES string of the molecule is O=c1nc(CP(=O)(O)O)ccn1[C@@H]1O[C@H](COP(=O)(O)CP(=O)(O)CP(=O)(O)O)[C@@H](O)[C@H]1O. The van der Waals surface area contributed by atoms with Crippen LogP contribution in [0.4, 0.5) is 0 Å². The van der Waals surface area contributed by atoms with Gasteiger partial charge in [0, 0.05) is 6.20 Å². The Kier molecular flexibility index (Phi) is 8.83. The van der Waals surface area contributed by atoms with Gasteiger partial charge in [-0.1, -0.05) is 0 Å². The highest BCUT2D eigenvalue weighted by atomic mass is 31.3. The molecule has 0 saturated carbocycles. The van der Waals surface area contributed by atoms with E-state index in [-0.39, 0.29) is 5.69 Å². The van der Waals surface area contributed by atoms with Crippen molar-refractivity contribution in [3.8, 4) is 0 Å². The van der Waals surface area contributed by atoms with Gasteiger partial charge >= 0.3 is 28.5 Å². The second-order valence-corrected chi connectivity index (χ2v) is 15.7. The van der Waals surface area contributed by atoms with Crippen LogP contribution in [0.5, 0.6) is 0 Å². The van der Waals surface area contributed by atoms with Crippen LogP contribution in [0.25, 0.3) is 0 Å². The van der Waals surface area contributed by atoms with Gasteiger partial charge in [-0.15, -0.1) is 0 Å². The Labute approximate surface area is 185 Å². The van der Waals surface area contributed by atoms with Crippen molar-refractivity contribution >= 4 is 30.2 Å². The molecule has 21 heteroatoms. The molecule has 1 aromatic heterocycles. The normalized spacial score (nSPS) is 27.8. The topological polar surface area (TPSA) is 283 Å². The number of hydrogen-bond donors (Lipinski definition) is 8. The summed E-state index contributed by atoms with van der Waals surface area (Å²) in [6.45, 7) is -0.920. The minimum absolute atomic E-state index is 0.248. The van der Waals surface area contributed by atoms with Crippen LogP contribution in [-0.4, -0.2) is 85.8 Å². The smallest absolute Gasteiger partial charge is 0.350 e. The third-order valence-corrected chi connectivity index (χ3v) is 11.8. The number of ether oxygens (including phenoxy) is 1. The Morgan fingerprint density at radius 3 is 2.09 bits per heavy atom. The molecule has 17 nitrogen and oxygen atoms in total. The third-order valence-electron chi connectivity index (χ3n) is 4.11. The van der Waals surface area contributed by atoms with E-state index in [1.807, 2.05) is 0 Å². The van der Waals surface area contributed by atoms with Crippen LogP contribution in [0.3, 0.4) is 0 Å². The molecule has 0 spiro atoms. The maximum Gasteiger partial charge on any atom is 0.350 e. The van der Waals surface area contributed by atoms with E-state index < -0.39 is 85.0 Å². The fourth-order valence-electron chi connectivity index (χ4n) is 2.88. The van der Waals surface area contributed by atoms with Crippen molar-refractivity contribution in [2.75, 3.05) is 18.4 Å². The van der Waals surface area contributed by atoms with E-state index in [1.54, 1.807) is 0 Å². The molecule has 0 amide bonds. The lowest BCUT2D eigenvalue weighted by Crippen LogP contribution is -2.36. The van der Waals surface area contributed by atoms with Crippen molar-refractivity contribution in [3.05, 3.63) is 28.4 Å². The Bertz CT molecular complexity index is 1110. The summed E-state index contributed by atoms with van der Waals surface area (Å²) < 4.78 is 56.3. The van der Waals surface area contributed by atoms with Gasteiger partial charge in [0.1, 0.15) is 30.1 Å². The van der Waals surface area contributed by atoms with Gasteiger partial charge < -0.3 is 48.8 Å². The van der Waals surface area contributed by atoms with Crippen molar-refractivity contribution in [1.82, 2.24) is 9.55 Å². The zero-order valence-electron chi connectivity index (χ0n) is 16.4. The minimum atomic E-state index is -4.97. The molecule has 1 aromatic rings. The molecular weight excluding hydrogens is 536 g/mol. The Hall–Kier alpha value is -0.600. The second-order valence-electron chi connectivity index (χ2n) is 7.20. The fourth-order valence-corrected chi connectivity index (χ4v) is 9.88. The summed E-state index contributed by atoms with van der Waals surface area (Å²) in [6.07, 6.45) is -6.47. The minimum Gasteiger partial charge on any atom is -0.387 e. The van der Waals surface area contributed by atoms with Gasteiger partial charge in [-0.2, -0.15) is 4.98 Å². The lowest BCUT2D eigenvalue weighted by molar-refractivity contribution is -0.0524. The van der Waals surface area contributed by atoms with Crippen molar-refractivity contribution in [3.63, 3.8) is 0 Å². The van der Waals surface area contributed by atoms with Crippen molar-refractivity contribution in [2.45, 2.75) is 30.7 Å². The first-order valence-electron chi connectivity index (χ1n) is 8.75. The molecule has 8 N–H and O–H groups in total. The molecule has 1 aliphatic heterocycles. The molecular formula is C12H22N2O15P4. The maximum atomic E-state index is 12.1. The lowest BCUT2D eigenvalue weighted by atomic mass is 10.1. The van der Waals surface area contributed by atoms with E-state index in [0.29, 0.717) is 4.57 Å². The first-order valence-corrected chi connectivity index (χ1v) is 16.1. The highest BCUT2D eigenvalue weighted by Gasteiger charge is 2.46. The maximum absolute atomic E-state index is 12.1. The summed E-state index contributed by atoms with van der Waals surface area (Å²) in [6, 6.07) is 1.06. The monoisotopic (exact) mass is 558 g/mol. The van der Waals surface area contributed by atoms with Gasteiger partial charge in [0.2, 0.25) is 7.37 Å². The Morgan fingerprint density at radius 1 is 0.970 bits per heavy atom. The van der Waals surface area contributed by atoms with Gasteiger partial charge in [0.25, 0.3) is 0 Å². The van der Waals surface area contributed by atoms with E-state index in [2.05, 4.69) is 9.51 Å². The molecule has 0 radical (unpaired) electrons. The standard InChI is InChI=1S/C12H22N2O15P4/c15-9-8(3-28-33(26,27)6-30(18,19)5-32(23,24)25)29-11(10(9)16)14-2-1-7(13-12(14)17)4-31(20,21)22/h1-2,8-11,15-16H,3-6H2,(H,18,19)(H,26,27)(H2,20,21,22)(H2,23,24,25)/t8-,9-,10-,11-/m1/s1. The average molecular weight is 558 g/mol. The molecule has 2 unspecified atom stereocenters. The average Bonchev–Trinajstić information content (AvgIpc) is 2.84.